The summed E-state index contributed by atoms with van der Waals surface area (Å²) in [5, 5.41) is 3.08. The largest absolute Gasteiger partial charge is 0.494 e. The average Bonchev–Trinajstić information content (AvgIpc) is 3.43. The van der Waals surface area contributed by atoms with Gasteiger partial charge in [-0.05, 0) is 76.2 Å². The van der Waals surface area contributed by atoms with E-state index in [1.54, 1.807) is 18.3 Å². The fourth-order valence-corrected chi connectivity index (χ4v) is 4.85. The maximum absolute atomic E-state index is 13.2. The van der Waals surface area contributed by atoms with Gasteiger partial charge in [-0.3, -0.25) is 4.79 Å². The Bertz CT molecular complexity index is 1320. The monoisotopic (exact) mass is 532 g/mol. The Morgan fingerprint density at radius 1 is 1.05 bits per heavy atom. The van der Waals surface area contributed by atoms with Crippen molar-refractivity contribution in [1.29, 1.82) is 0 Å². The van der Waals surface area contributed by atoms with E-state index in [0.717, 1.165) is 30.3 Å². The lowest BCUT2D eigenvalue weighted by Gasteiger charge is -2.32. The molecule has 0 unspecified atom stereocenters. The molecule has 0 spiro atoms. The highest BCUT2D eigenvalue weighted by atomic mass is 19.1. The minimum atomic E-state index is -0.576. The Morgan fingerprint density at radius 2 is 1.74 bits per heavy atom. The number of ether oxygens (including phenoxy) is 1. The van der Waals surface area contributed by atoms with Crippen LogP contribution in [0.2, 0.25) is 0 Å². The Balaban J connectivity index is 1.19. The molecule has 2 aliphatic rings. The first-order valence-corrected chi connectivity index (χ1v) is 13.3. The third kappa shape index (κ3) is 5.83. The third-order valence-corrected chi connectivity index (χ3v) is 7.96. The normalized spacial score (nSPS) is 21.7. The minimum Gasteiger partial charge on any atom is -0.399 e. The van der Waals surface area contributed by atoms with Crippen LogP contribution in [-0.4, -0.2) is 46.3 Å². The van der Waals surface area contributed by atoms with Crippen molar-refractivity contribution in [2.75, 3.05) is 5.73 Å². The van der Waals surface area contributed by atoms with E-state index >= 15 is 0 Å². The molecule has 8 nitrogen and oxygen atoms in total. The van der Waals surface area contributed by atoms with Gasteiger partial charge in [-0.1, -0.05) is 24.3 Å². The molecule has 1 aromatic carbocycles. The first-order valence-electron chi connectivity index (χ1n) is 13.3. The number of nitrogens with one attached hydrogen (secondary N) is 1. The minimum absolute atomic E-state index is 0.115. The number of benzene rings is 1. The number of amides is 1. The van der Waals surface area contributed by atoms with E-state index < -0.39 is 13.1 Å². The van der Waals surface area contributed by atoms with Crippen LogP contribution in [0.3, 0.4) is 0 Å². The molecule has 0 bridgehead atoms. The summed E-state index contributed by atoms with van der Waals surface area (Å²) in [5.74, 6) is -0.763. The van der Waals surface area contributed by atoms with Crippen molar-refractivity contribution in [1.82, 2.24) is 15.3 Å². The Hall–Kier alpha value is -3.34. The van der Waals surface area contributed by atoms with Gasteiger partial charge in [0.05, 0.1) is 35.5 Å². The van der Waals surface area contributed by atoms with Gasteiger partial charge in [-0.15, -0.1) is 0 Å². The first kappa shape index (κ1) is 27.2. The smallest absolute Gasteiger partial charge is 0.399 e. The van der Waals surface area contributed by atoms with Crippen molar-refractivity contribution in [2.45, 2.75) is 76.9 Å². The molecule has 1 amide bonds. The number of hydrogen-bond acceptors (Lipinski definition) is 7. The predicted octanol–water partition coefficient (Wildman–Crippen LogP) is 4.03. The number of nitrogen functional groups attached to an aromatic ring is 1. The highest BCUT2D eigenvalue weighted by molar-refractivity contribution is 6.62. The number of rotatable bonds is 7. The fraction of sp³-hybridized carbons (Fsp3) is 0.414. The number of aromatic nitrogens is 2. The third-order valence-electron chi connectivity index (χ3n) is 7.96. The van der Waals surface area contributed by atoms with Crippen molar-refractivity contribution < 1.29 is 23.2 Å². The number of carbonyl (C=O) groups is 1. The molecule has 204 valence electrons. The van der Waals surface area contributed by atoms with Gasteiger partial charge < -0.3 is 25.1 Å². The van der Waals surface area contributed by atoms with Crippen LogP contribution in [0.1, 0.15) is 62.9 Å². The molecule has 1 aliphatic carbocycles. The van der Waals surface area contributed by atoms with Crippen LogP contribution in [0.5, 0.6) is 0 Å². The van der Waals surface area contributed by atoms with Crippen LogP contribution < -0.4 is 16.5 Å². The van der Waals surface area contributed by atoms with Crippen LogP contribution in [-0.2, 0) is 20.7 Å². The molecule has 3 aromatic rings. The molecule has 0 radical (unpaired) electrons. The summed E-state index contributed by atoms with van der Waals surface area (Å²) in [5.41, 5.74) is 8.78. The lowest BCUT2D eigenvalue weighted by atomic mass is 9.79. The molecule has 1 saturated carbocycles. The van der Waals surface area contributed by atoms with Crippen molar-refractivity contribution in [3.05, 3.63) is 71.9 Å². The van der Waals surface area contributed by atoms with Gasteiger partial charge in [-0.25, -0.2) is 9.97 Å². The molecular formula is C29H34BFN4O4. The molecule has 3 heterocycles. The summed E-state index contributed by atoms with van der Waals surface area (Å²) in [6.07, 6.45) is 5.44. The highest BCUT2D eigenvalue weighted by Gasteiger charge is 2.51. The first-order chi connectivity index (χ1) is 18.5. The Kier molecular flexibility index (Phi) is 7.46. The average molecular weight is 532 g/mol. The molecule has 10 heteroatoms. The topological polar surface area (TPSA) is 109 Å². The second-order valence-electron chi connectivity index (χ2n) is 11.2. The van der Waals surface area contributed by atoms with E-state index in [1.165, 1.54) is 12.3 Å². The molecule has 2 atom stereocenters. The van der Waals surface area contributed by atoms with E-state index in [4.69, 9.17) is 19.8 Å². The maximum Gasteiger partial charge on any atom is 0.494 e. The van der Waals surface area contributed by atoms with Crippen LogP contribution in [0.4, 0.5) is 10.2 Å². The van der Waals surface area contributed by atoms with Gasteiger partial charge in [0.1, 0.15) is 5.82 Å². The quantitative estimate of drug-likeness (QED) is 0.349. The van der Waals surface area contributed by atoms with E-state index in [2.05, 4.69) is 15.3 Å². The van der Waals surface area contributed by atoms with Gasteiger partial charge in [-0.2, -0.15) is 4.39 Å². The van der Waals surface area contributed by atoms with Crippen LogP contribution >= 0.6 is 0 Å². The number of nitrogens with two attached hydrogens (primary N) is 1. The van der Waals surface area contributed by atoms with Crippen LogP contribution in [0.25, 0.3) is 11.1 Å². The van der Waals surface area contributed by atoms with E-state index in [1.807, 2.05) is 52.0 Å². The molecule has 3 N–H and O–H groups in total. The zero-order chi connectivity index (χ0) is 27.8. The second-order valence-corrected chi connectivity index (χ2v) is 11.2. The molecule has 5 rings (SSSR count). The highest BCUT2D eigenvalue weighted by Crippen LogP contribution is 2.36. The predicted molar refractivity (Wildman–Crippen MR) is 148 cm³/mol. The molecule has 2 aromatic heterocycles. The van der Waals surface area contributed by atoms with Crippen molar-refractivity contribution in [3.8, 4) is 11.1 Å². The van der Waals surface area contributed by atoms with E-state index in [-0.39, 0.29) is 40.6 Å². The number of hydrogen-bond donors (Lipinski definition) is 2. The van der Waals surface area contributed by atoms with Gasteiger partial charge in [0.15, 0.2) is 0 Å². The number of pyridine rings is 2. The standard InChI is InChI=1S/C29H34BFN4O4/c1-28(2)29(3,4)39-30(38-28)21-11-8-18(9-12-21)17-37-24-7-5-6-23(24)35-27(36)22-14-20(16-34-26(22)32)19-10-13-25(31)33-15-19/h8-16,23-24H,5-7,17H2,1-4H3,(H2,32,34)(H,35,36)/t23-,24-/m0/s1. The van der Waals surface area contributed by atoms with E-state index in [0.29, 0.717) is 17.7 Å². The summed E-state index contributed by atoms with van der Waals surface area (Å²) < 4.78 is 31.7. The zero-order valence-corrected chi connectivity index (χ0v) is 22.7. The summed E-state index contributed by atoms with van der Waals surface area (Å²) in [4.78, 5) is 21.0. The fourth-order valence-electron chi connectivity index (χ4n) is 4.85. The van der Waals surface area contributed by atoms with Crippen LogP contribution in [0, 0.1) is 5.95 Å². The molecule has 39 heavy (non-hydrogen) atoms. The number of halogens is 1. The number of nitrogens with zero attached hydrogens (tertiary/aromatic N) is 2. The summed E-state index contributed by atoms with van der Waals surface area (Å²) in [6.45, 7) is 8.58. The van der Waals surface area contributed by atoms with Crippen molar-refractivity contribution in [3.63, 3.8) is 0 Å². The van der Waals surface area contributed by atoms with Gasteiger partial charge in [0.2, 0.25) is 5.95 Å². The molecule has 2 fully saturated rings. The number of anilines is 1. The van der Waals surface area contributed by atoms with E-state index in [9.17, 15) is 9.18 Å². The zero-order valence-electron chi connectivity index (χ0n) is 22.7. The number of carbonyl (C=O) groups excluding carboxylic acids is 1. The molecule has 1 saturated heterocycles. The summed E-state index contributed by atoms with van der Waals surface area (Å²) in [7, 11) is -0.404. The second kappa shape index (κ2) is 10.7. The van der Waals surface area contributed by atoms with Gasteiger partial charge >= 0.3 is 7.12 Å². The Morgan fingerprint density at radius 3 is 2.41 bits per heavy atom. The summed E-state index contributed by atoms with van der Waals surface area (Å²) in [6, 6.07) is 12.4. The maximum atomic E-state index is 13.2. The van der Waals surface area contributed by atoms with Crippen molar-refractivity contribution >= 4 is 24.3 Å². The molecule has 1 aliphatic heterocycles. The van der Waals surface area contributed by atoms with Gasteiger partial charge in [0.25, 0.3) is 5.91 Å². The summed E-state index contributed by atoms with van der Waals surface area (Å²) >= 11 is 0. The SMILES string of the molecule is CC1(C)OB(c2ccc(CO[C@H]3CCC[C@@H]3NC(=O)c3cc(-c4ccc(F)nc4)cnc3N)cc2)OC1(C)C. The van der Waals surface area contributed by atoms with Crippen molar-refractivity contribution in [2.24, 2.45) is 0 Å². The van der Waals surface area contributed by atoms with Crippen LogP contribution in [0.15, 0.2) is 54.9 Å². The lowest BCUT2D eigenvalue weighted by molar-refractivity contribution is 0.00578. The molecular weight excluding hydrogens is 498 g/mol. The lowest BCUT2D eigenvalue weighted by Crippen LogP contribution is -2.41. The van der Waals surface area contributed by atoms with Gasteiger partial charge in [0, 0.05) is 23.5 Å². The Labute approximate surface area is 228 Å².